The first kappa shape index (κ1) is 13.5. The number of nitrogens with one attached hydrogen (secondary N) is 1. The second kappa shape index (κ2) is 6.83. The predicted molar refractivity (Wildman–Crippen MR) is 67.8 cm³/mol. The summed E-state index contributed by atoms with van der Waals surface area (Å²) in [6.07, 6.45) is 2.95. The van der Waals surface area contributed by atoms with Gasteiger partial charge in [0, 0.05) is 13.2 Å². The van der Waals surface area contributed by atoms with Crippen LogP contribution in [0.2, 0.25) is 0 Å². The van der Waals surface area contributed by atoms with Gasteiger partial charge < -0.3 is 15.2 Å². The van der Waals surface area contributed by atoms with Crippen LogP contribution < -0.4 is 5.32 Å². The van der Waals surface area contributed by atoms with Crippen LogP contribution in [0.4, 0.5) is 4.39 Å². The van der Waals surface area contributed by atoms with Gasteiger partial charge in [-0.1, -0.05) is 12.1 Å². The summed E-state index contributed by atoms with van der Waals surface area (Å²) < 4.78 is 18.5. The van der Waals surface area contributed by atoms with Gasteiger partial charge in [0.15, 0.2) is 0 Å². The lowest BCUT2D eigenvalue weighted by Crippen LogP contribution is -2.25. The Balaban J connectivity index is 1.66. The standard InChI is InChI=1S/C14H20FNO2/c15-12-4-1-3-11(9-12)14(17)10-16-7-6-13-5-2-8-18-13/h1,3-4,9,13-14,16-17H,2,5-8,10H2. The third-order valence-corrected chi connectivity index (χ3v) is 3.24. The quantitative estimate of drug-likeness (QED) is 0.762. The van der Waals surface area contributed by atoms with Crippen molar-refractivity contribution in [2.24, 2.45) is 0 Å². The molecule has 0 radical (unpaired) electrons. The Hall–Kier alpha value is -0.970. The Morgan fingerprint density at radius 2 is 2.39 bits per heavy atom. The lowest BCUT2D eigenvalue weighted by molar-refractivity contribution is 0.102. The fourth-order valence-electron chi connectivity index (χ4n) is 2.21. The maximum atomic E-state index is 13.0. The number of rotatable bonds is 6. The summed E-state index contributed by atoms with van der Waals surface area (Å²) in [5.41, 5.74) is 0.611. The van der Waals surface area contributed by atoms with E-state index in [1.165, 1.54) is 12.1 Å². The average Bonchev–Trinajstić information content (AvgIpc) is 2.87. The molecule has 0 aromatic heterocycles. The van der Waals surface area contributed by atoms with E-state index in [1.807, 2.05) is 0 Å². The number of benzene rings is 1. The van der Waals surface area contributed by atoms with Crippen LogP contribution in [-0.2, 0) is 4.74 Å². The number of hydrogen-bond donors (Lipinski definition) is 2. The average molecular weight is 253 g/mol. The number of aliphatic hydroxyl groups excluding tert-OH is 1. The van der Waals surface area contributed by atoms with E-state index in [2.05, 4.69) is 5.32 Å². The Kier molecular flexibility index (Phi) is 5.11. The molecule has 2 N–H and O–H groups in total. The molecule has 100 valence electrons. The minimum absolute atomic E-state index is 0.314. The Morgan fingerprint density at radius 3 is 3.11 bits per heavy atom. The van der Waals surface area contributed by atoms with E-state index in [0.29, 0.717) is 18.2 Å². The van der Waals surface area contributed by atoms with Gasteiger partial charge in [-0.15, -0.1) is 0 Å². The van der Waals surface area contributed by atoms with Crippen LogP contribution in [0.5, 0.6) is 0 Å². The molecule has 0 amide bonds. The lowest BCUT2D eigenvalue weighted by atomic mass is 10.1. The second-order valence-electron chi connectivity index (χ2n) is 4.70. The van der Waals surface area contributed by atoms with E-state index in [4.69, 9.17) is 4.74 Å². The van der Waals surface area contributed by atoms with Gasteiger partial charge in [-0.25, -0.2) is 4.39 Å². The van der Waals surface area contributed by atoms with Crippen molar-refractivity contribution in [1.29, 1.82) is 0 Å². The van der Waals surface area contributed by atoms with Crippen molar-refractivity contribution >= 4 is 0 Å². The van der Waals surface area contributed by atoms with E-state index in [1.54, 1.807) is 12.1 Å². The highest BCUT2D eigenvalue weighted by Gasteiger charge is 2.15. The first-order valence-electron chi connectivity index (χ1n) is 6.51. The smallest absolute Gasteiger partial charge is 0.123 e. The summed E-state index contributed by atoms with van der Waals surface area (Å²) in [5.74, 6) is -0.314. The van der Waals surface area contributed by atoms with Gasteiger partial charge in [-0.05, 0) is 43.5 Å². The largest absolute Gasteiger partial charge is 0.387 e. The van der Waals surface area contributed by atoms with Crippen molar-refractivity contribution in [2.45, 2.75) is 31.5 Å². The zero-order chi connectivity index (χ0) is 12.8. The molecule has 2 atom stereocenters. The monoisotopic (exact) mass is 253 g/mol. The maximum absolute atomic E-state index is 13.0. The minimum atomic E-state index is -0.662. The molecule has 0 spiro atoms. The van der Waals surface area contributed by atoms with Gasteiger partial charge >= 0.3 is 0 Å². The number of ether oxygens (including phenoxy) is 1. The highest BCUT2D eigenvalue weighted by atomic mass is 19.1. The topological polar surface area (TPSA) is 41.5 Å². The van der Waals surface area contributed by atoms with Crippen LogP contribution in [0.1, 0.15) is 30.9 Å². The highest BCUT2D eigenvalue weighted by Crippen LogP contribution is 2.15. The van der Waals surface area contributed by atoms with Gasteiger partial charge in [-0.3, -0.25) is 0 Å². The van der Waals surface area contributed by atoms with Gasteiger partial charge in [0.25, 0.3) is 0 Å². The molecule has 1 aromatic carbocycles. The zero-order valence-corrected chi connectivity index (χ0v) is 10.4. The SMILES string of the molecule is OC(CNCCC1CCCO1)c1cccc(F)c1. The van der Waals surface area contributed by atoms with Crippen molar-refractivity contribution in [3.63, 3.8) is 0 Å². The normalized spacial score (nSPS) is 21.1. The minimum Gasteiger partial charge on any atom is -0.387 e. The molecular formula is C14H20FNO2. The molecule has 1 heterocycles. The van der Waals surface area contributed by atoms with Crippen LogP contribution in [-0.4, -0.2) is 30.9 Å². The summed E-state index contributed by atoms with van der Waals surface area (Å²) in [5, 5.41) is 13.1. The van der Waals surface area contributed by atoms with Crippen molar-refractivity contribution in [2.75, 3.05) is 19.7 Å². The van der Waals surface area contributed by atoms with Gasteiger partial charge in [0.2, 0.25) is 0 Å². The first-order chi connectivity index (χ1) is 8.75. The fourth-order valence-corrected chi connectivity index (χ4v) is 2.21. The third-order valence-electron chi connectivity index (χ3n) is 3.24. The first-order valence-corrected chi connectivity index (χ1v) is 6.51. The van der Waals surface area contributed by atoms with Gasteiger partial charge in [0.05, 0.1) is 12.2 Å². The maximum Gasteiger partial charge on any atom is 0.123 e. The zero-order valence-electron chi connectivity index (χ0n) is 10.4. The molecule has 1 aliphatic heterocycles. The van der Waals surface area contributed by atoms with Crippen LogP contribution in [0, 0.1) is 5.82 Å². The summed E-state index contributed by atoms with van der Waals surface area (Å²) >= 11 is 0. The number of aliphatic hydroxyl groups is 1. The van der Waals surface area contributed by atoms with Crippen LogP contribution in [0.3, 0.4) is 0 Å². The lowest BCUT2D eigenvalue weighted by Gasteiger charge is -2.14. The molecule has 18 heavy (non-hydrogen) atoms. The summed E-state index contributed by atoms with van der Waals surface area (Å²) in [6, 6.07) is 6.09. The number of halogens is 1. The van der Waals surface area contributed by atoms with Crippen molar-refractivity contribution < 1.29 is 14.2 Å². The molecule has 1 aliphatic rings. The molecule has 4 heteroatoms. The molecule has 2 unspecified atom stereocenters. The second-order valence-corrected chi connectivity index (χ2v) is 4.70. The van der Waals surface area contributed by atoms with Crippen LogP contribution >= 0.6 is 0 Å². The summed E-state index contributed by atoms with van der Waals surface area (Å²) in [4.78, 5) is 0. The van der Waals surface area contributed by atoms with E-state index >= 15 is 0 Å². The molecule has 1 saturated heterocycles. The predicted octanol–water partition coefficient (Wildman–Crippen LogP) is 2.02. The molecule has 2 rings (SSSR count). The molecular weight excluding hydrogens is 233 g/mol. The molecule has 1 aromatic rings. The summed E-state index contributed by atoms with van der Waals surface area (Å²) in [7, 11) is 0. The molecule has 0 bridgehead atoms. The molecule has 3 nitrogen and oxygen atoms in total. The van der Waals surface area contributed by atoms with Crippen LogP contribution in [0.25, 0.3) is 0 Å². The molecule has 0 aliphatic carbocycles. The van der Waals surface area contributed by atoms with E-state index in [0.717, 1.165) is 32.4 Å². The van der Waals surface area contributed by atoms with E-state index in [-0.39, 0.29) is 5.82 Å². The summed E-state index contributed by atoms with van der Waals surface area (Å²) in [6.45, 7) is 2.13. The van der Waals surface area contributed by atoms with Crippen molar-refractivity contribution in [3.05, 3.63) is 35.6 Å². The van der Waals surface area contributed by atoms with Crippen molar-refractivity contribution in [3.8, 4) is 0 Å². The van der Waals surface area contributed by atoms with E-state index < -0.39 is 6.10 Å². The Morgan fingerprint density at radius 1 is 1.50 bits per heavy atom. The Bertz CT molecular complexity index is 367. The highest BCUT2D eigenvalue weighted by molar-refractivity contribution is 5.18. The van der Waals surface area contributed by atoms with Gasteiger partial charge in [-0.2, -0.15) is 0 Å². The third kappa shape index (κ3) is 4.05. The Labute approximate surface area is 107 Å². The molecule has 1 fully saturated rings. The van der Waals surface area contributed by atoms with Crippen LogP contribution in [0.15, 0.2) is 24.3 Å². The molecule has 0 saturated carbocycles. The fraction of sp³-hybridized carbons (Fsp3) is 0.571. The number of hydrogen-bond acceptors (Lipinski definition) is 3. The van der Waals surface area contributed by atoms with E-state index in [9.17, 15) is 9.50 Å². The van der Waals surface area contributed by atoms with Crippen molar-refractivity contribution in [1.82, 2.24) is 5.32 Å². The van der Waals surface area contributed by atoms with Gasteiger partial charge in [0.1, 0.15) is 5.82 Å².